The first kappa shape index (κ1) is 16.3. The van der Waals surface area contributed by atoms with Crippen molar-refractivity contribution in [1.29, 1.82) is 0 Å². The predicted octanol–water partition coefficient (Wildman–Crippen LogP) is 1.90. The van der Waals surface area contributed by atoms with Crippen molar-refractivity contribution in [2.75, 3.05) is 31.6 Å². The van der Waals surface area contributed by atoms with E-state index in [4.69, 9.17) is 11.6 Å². The van der Waals surface area contributed by atoms with Crippen LogP contribution in [0.5, 0.6) is 0 Å². The first-order valence-electron chi connectivity index (χ1n) is 8.10. The molecule has 2 aliphatic rings. The molecule has 1 heterocycles. The van der Waals surface area contributed by atoms with Crippen LogP contribution in [-0.4, -0.2) is 49.4 Å². The van der Waals surface area contributed by atoms with Crippen LogP contribution in [0.2, 0.25) is 5.02 Å². The highest BCUT2D eigenvalue weighted by atomic mass is 35.5. The maximum Gasteiger partial charge on any atom is 0.249 e. The summed E-state index contributed by atoms with van der Waals surface area (Å²) in [6.45, 7) is 1.77. The van der Waals surface area contributed by atoms with Crippen molar-refractivity contribution in [1.82, 2.24) is 10.2 Å². The van der Waals surface area contributed by atoms with Crippen LogP contribution < -0.4 is 10.2 Å². The zero-order valence-electron chi connectivity index (χ0n) is 13.3. The van der Waals surface area contributed by atoms with Crippen molar-refractivity contribution in [3.05, 3.63) is 29.3 Å². The van der Waals surface area contributed by atoms with Crippen LogP contribution in [0.15, 0.2) is 24.3 Å². The second-order valence-electron chi connectivity index (χ2n) is 6.32. The van der Waals surface area contributed by atoms with Crippen LogP contribution in [0.4, 0.5) is 5.69 Å². The second-order valence-corrected chi connectivity index (χ2v) is 6.73. The quantitative estimate of drug-likeness (QED) is 0.864. The zero-order chi connectivity index (χ0) is 16.4. The molecule has 1 aromatic rings. The topological polar surface area (TPSA) is 52.7 Å². The smallest absolute Gasteiger partial charge is 0.249 e. The lowest BCUT2D eigenvalue weighted by Crippen LogP contribution is -2.46. The number of hydrogen-bond acceptors (Lipinski definition) is 3. The van der Waals surface area contributed by atoms with E-state index in [1.54, 1.807) is 22.9 Å². The van der Waals surface area contributed by atoms with E-state index in [1.165, 1.54) is 12.8 Å². The van der Waals surface area contributed by atoms with Gasteiger partial charge < -0.3 is 15.1 Å². The molecule has 23 heavy (non-hydrogen) atoms. The average molecular weight is 336 g/mol. The number of carbonyl (C=O) groups is 2. The third-order valence-corrected chi connectivity index (χ3v) is 4.91. The summed E-state index contributed by atoms with van der Waals surface area (Å²) in [5.41, 5.74) is 0.717. The van der Waals surface area contributed by atoms with Crippen molar-refractivity contribution < 1.29 is 9.59 Å². The van der Waals surface area contributed by atoms with Gasteiger partial charge in [-0.05, 0) is 43.9 Å². The van der Waals surface area contributed by atoms with Gasteiger partial charge in [0.2, 0.25) is 11.8 Å². The van der Waals surface area contributed by atoms with Crippen molar-refractivity contribution in [2.45, 2.75) is 25.3 Å². The lowest BCUT2D eigenvalue weighted by atomic mass is 10.2. The van der Waals surface area contributed by atoms with Crippen LogP contribution in [0, 0.1) is 5.92 Å². The number of nitrogens with zero attached hydrogens (tertiary/aromatic N) is 2. The molecule has 1 saturated carbocycles. The van der Waals surface area contributed by atoms with Gasteiger partial charge in [0.05, 0.1) is 17.3 Å². The summed E-state index contributed by atoms with van der Waals surface area (Å²) in [7, 11) is 1.71. The number of benzene rings is 1. The summed E-state index contributed by atoms with van der Waals surface area (Å²) < 4.78 is 0. The molecular weight excluding hydrogens is 314 g/mol. The van der Waals surface area contributed by atoms with Gasteiger partial charge in [-0.1, -0.05) is 23.7 Å². The number of halogens is 1. The van der Waals surface area contributed by atoms with Gasteiger partial charge >= 0.3 is 0 Å². The summed E-state index contributed by atoms with van der Waals surface area (Å²) in [5, 5.41) is 3.74. The maximum absolute atomic E-state index is 12.6. The van der Waals surface area contributed by atoms with E-state index in [0.717, 1.165) is 18.2 Å². The van der Waals surface area contributed by atoms with Gasteiger partial charge in [-0.2, -0.15) is 0 Å². The molecule has 3 rings (SSSR count). The van der Waals surface area contributed by atoms with Crippen LogP contribution in [0.3, 0.4) is 0 Å². The number of rotatable bonds is 6. The molecule has 6 heteroatoms. The molecule has 1 aliphatic heterocycles. The van der Waals surface area contributed by atoms with Gasteiger partial charge in [0.1, 0.15) is 6.04 Å². The predicted molar refractivity (Wildman–Crippen MR) is 90.6 cm³/mol. The lowest BCUT2D eigenvalue weighted by molar-refractivity contribution is -0.135. The van der Waals surface area contributed by atoms with E-state index in [9.17, 15) is 9.59 Å². The molecule has 5 nitrogen and oxygen atoms in total. The number of amides is 2. The number of para-hydroxylation sites is 1. The Balaban J connectivity index is 1.59. The molecule has 1 aromatic carbocycles. The van der Waals surface area contributed by atoms with Gasteiger partial charge in [0, 0.05) is 13.6 Å². The lowest BCUT2D eigenvalue weighted by Gasteiger charge is -2.24. The Morgan fingerprint density at radius 1 is 1.35 bits per heavy atom. The second kappa shape index (κ2) is 6.89. The molecule has 2 fully saturated rings. The maximum atomic E-state index is 12.6. The molecule has 1 aliphatic carbocycles. The van der Waals surface area contributed by atoms with E-state index < -0.39 is 6.04 Å². The highest BCUT2D eigenvalue weighted by molar-refractivity contribution is 6.34. The average Bonchev–Trinajstić information content (AvgIpc) is 3.29. The normalized spacial score (nSPS) is 20.9. The first-order valence-corrected chi connectivity index (χ1v) is 8.48. The van der Waals surface area contributed by atoms with Crippen LogP contribution in [0.1, 0.15) is 19.3 Å². The monoisotopic (exact) mass is 335 g/mol. The Morgan fingerprint density at radius 2 is 2.09 bits per heavy atom. The van der Waals surface area contributed by atoms with Crippen LogP contribution in [0.25, 0.3) is 0 Å². The molecule has 0 aromatic heterocycles. The molecule has 124 valence electrons. The first-order chi connectivity index (χ1) is 11.1. The molecule has 1 N–H and O–H groups in total. The Bertz CT molecular complexity index is 603. The molecule has 2 amide bonds. The summed E-state index contributed by atoms with van der Waals surface area (Å²) in [5.74, 6) is 0.637. The Kier molecular flexibility index (Phi) is 4.87. The van der Waals surface area contributed by atoms with Gasteiger partial charge in [0.15, 0.2) is 0 Å². The molecule has 1 atom stereocenters. The highest BCUT2D eigenvalue weighted by Crippen LogP contribution is 2.30. The van der Waals surface area contributed by atoms with Gasteiger partial charge in [-0.25, -0.2) is 0 Å². The number of anilines is 1. The van der Waals surface area contributed by atoms with Crippen LogP contribution in [-0.2, 0) is 9.59 Å². The third kappa shape index (κ3) is 3.67. The van der Waals surface area contributed by atoms with E-state index in [-0.39, 0.29) is 11.8 Å². The minimum Gasteiger partial charge on any atom is -0.333 e. The number of hydrogen-bond donors (Lipinski definition) is 1. The standard InChI is InChI=1S/C17H22ClN3O2/c1-20(16(22)11-19-10-12-6-7-12)15-8-9-21(17(15)23)14-5-3-2-4-13(14)18/h2-5,12,15,19H,6-11H2,1H3. The number of nitrogens with one attached hydrogen (secondary N) is 1. The van der Waals surface area contributed by atoms with E-state index >= 15 is 0 Å². The largest absolute Gasteiger partial charge is 0.333 e. The Hall–Kier alpha value is -1.59. The minimum absolute atomic E-state index is 0.0370. The Morgan fingerprint density at radius 3 is 2.78 bits per heavy atom. The van der Waals surface area contributed by atoms with E-state index in [1.807, 2.05) is 18.2 Å². The highest BCUT2D eigenvalue weighted by Gasteiger charge is 2.37. The molecule has 1 saturated heterocycles. The van der Waals surface area contributed by atoms with Crippen LogP contribution >= 0.6 is 11.6 Å². The Labute approximate surface area is 141 Å². The number of likely N-dealkylation sites (N-methyl/N-ethyl adjacent to an activating group) is 1. The molecule has 0 bridgehead atoms. The van der Waals surface area contributed by atoms with Crippen molar-refractivity contribution in [3.8, 4) is 0 Å². The summed E-state index contributed by atoms with van der Waals surface area (Å²) in [6.07, 6.45) is 3.14. The SMILES string of the molecule is CN(C(=O)CNCC1CC1)C1CCN(c2ccccc2Cl)C1=O. The van der Waals surface area contributed by atoms with Crippen molar-refractivity contribution in [3.63, 3.8) is 0 Å². The minimum atomic E-state index is -0.401. The third-order valence-electron chi connectivity index (χ3n) is 4.59. The van der Waals surface area contributed by atoms with Crippen molar-refractivity contribution >= 4 is 29.1 Å². The fourth-order valence-corrected chi connectivity index (χ4v) is 3.18. The summed E-state index contributed by atoms with van der Waals surface area (Å²) in [6, 6.07) is 6.90. The van der Waals surface area contributed by atoms with E-state index in [2.05, 4.69) is 5.32 Å². The fraction of sp³-hybridized carbons (Fsp3) is 0.529. The molecule has 0 radical (unpaired) electrons. The van der Waals surface area contributed by atoms with Gasteiger partial charge in [0.25, 0.3) is 0 Å². The summed E-state index contributed by atoms with van der Waals surface area (Å²) >= 11 is 6.18. The number of carbonyl (C=O) groups excluding carboxylic acids is 2. The summed E-state index contributed by atoms with van der Waals surface area (Å²) in [4.78, 5) is 28.1. The zero-order valence-corrected chi connectivity index (χ0v) is 14.1. The van der Waals surface area contributed by atoms with Gasteiger partial charge in [-0.15, -0.1) is 0 Å². The molecule has 0 spiro atoms. The van der Waals surface area contributed by atoms with Gasteiger partial charge in [-0.3, -0.25) is 9.59 Å². The van der Waals surface area contributed by atoms with Crippen molar-refractivity contribution in [2.24, 2.45) is 5.92 Å². The molecule has 1 unspecified atom stereocenters. The molecular formula is C17H22ClN3O2. The van der Waals surface area contributed by atoms with E-state index in [0.29, 0.717) is 24.5 Å². The fourth-order valence-electron chi connectivity index (χ4n) is 2.94.